The maximum atomic E-state index is 10.8. The number of ether oxygens (including phenoxy) is 1. The molecule has 1 aromatic heterocycles. The predicted octanol–water partition coefficient (Wildman–Crippen LogP) is 5.83. The molecule has 6 heteroatoms. The Bertz CT molecular complexity index is 804. The quantitative estimate of drug-likeness (QED) is 0.583. The second kappa shape index (κ2) is 7.49. The van der Waals surface area contributed by atoms with Crippen molar-refractivity contribution in [2.24, 2.45) is 0 Å². The van der Waals surface area contributed by atoms with Gasteiger partial charge in [-0.2, -0.15) is 0 Å². The second-order valence-corrected chi connectivity index (χ2v) is 6.51. The van der Waals surface area contributed by atoms with Gasteiger partial charge in [0, 0.05) is 26.8 Å². The van der Waals surface area contributed by atoms with Gasteiger partial charge in [0.1, 0.15) is 11.9 Å². The van der Waals surface area contributed by atoms with Crippen molar-refractivity contribution in [3.63, 3.8) is 0 Å². The van der Waals surface area contributed by atoms with Crippen LogP contribution in [0.2, 0.25) is 15.1 Å². The van der Waals surface area contributed by atoms with Crippen LogP contribution in [0.25, 0.3) is 0 Å². The summed E-state index contributed by atoms with van der Waals surface area (Å²) in [7, 11) is 0. The first kappa shape index (κ1) is 17.2. The number of rotatable bonds is 5. The fourth-order valence-corrected chi connectivity index (χ4v) is 3.03. The van der Waals surface area contributed by atoms with Crippen molar-refractivity contribution in [3.8, 4) is 5.75 Å². The highest BCUT2D eigenvalue weighted by atomic mass is 35.5. The molecule has 0 saturated carbocycles. The number of aromatic amines is 1. The van der Waals surface area contributed by atoms with Gasteiger partial charge in [0.05, 0.1) is 5.69 Å². The van der Waals surface area contributed by atoms with Crippen molar-refractivity contribution in [1.82, 2.24) is 4.98 Å². The molecule has 1 heterocycles. The number of nitrogens with one attached hydrogen (secondary N) is 1. The summed E-state index contributed by atoms with van der Waals surface area (Å²) < 4.78 is 5.98. The predicted molar refractivity (Wildman–Crippen MR) is 97.0 cm³/mol. The van der Waals surface area contributed by atoms with E-state index < -0.39 is 12.2 Å². The van der Waals surface area contributed by atoms with Gasteiger partial charge < -0.3 is 14.8 Å². The smallest absolute Gasteiger partial charge is 0.168 e. The van der Waals surface area contributed by atoms with E-state index in [9.17, 15) is 5.11 Å². The first-order chi connectivity index (χ1) is 11.5. The minimum Gasteiger partial charge on any atom is -0.481 e. The van der Waals surface area contributed by atoms with E-state index in [1.54, 1.807) is 48.7 Å². The van der Waals surface area contributed by atoms with Crippen LogP contribution in [0.3, 0.4) is 0 Å². The summed E-state index contributed by atoms with van der Waals surface area (Å²) in [6, 6.07) is 15.6. The molecule has 0 fully saturated rings. The van der Waals surface area contributed by atoms with Gasteiger partial charge in [-0.15, -0.1) is 0 Å². The Balaban J connectivity index is 1.93. The van der Waals surface area contributed by atoms with E-state index in [-0.39, 0.29) is 0 Å². The lowest BCUT2D eigenvalue weighted by Crippen LogP contribution is -2.18. The lowest BCUT2D eigenvalue weighted by Gasteiger charge is -2.24. The van der Waals surface area contributed by atoms with Crippen LogP contribution in [0.4, 0.5) is 0 Å². The average Bonchev–Trinajstić information content (AvgIpc) is 3.08. The zero-order valence-corrected chi connectivity index (χ0v) is 14.7. The Morgan fingerprint density at radius 1 is 0.917 bits per heavy atom. The molecule has 0 bridgehead atoms. The molecule has 3 aromatic rings. The van der Waals surface area contributed by atoms with Crippen molar-refractivity contribution in [3.05, 3.63) is 87.1 Å². The van der Waals surface area contributed by atoms with Crippen LogP contribution in [0.15, 0.2) is 60.8 Å². The maximum Gasteiger partial charge on any atom is 0.168 e. The van der Waals surface area contributed by atoms with Crippen LogP contribution >= 0.6 is 34.8 Å². The van der Waals surface area contributed by atoms with Gasteiger partial charge in [-0.3, -0.25) is 0 Å². The normalized spacial score (nSPS) is 13.5. The standard InChI is InChI=1S/C18H14Cl3NO2/c19-11-3-6-13(7-4-11)24-18(16-2-1-9-22-16)17(23)14-8-5-12(20)10-15(14)21/h1-10,17-18,22-23H. The highest BCUT2D eigenvalue weighted by Gasteiger charge is 2.27. The lowest BCUT2D eigenvalue weighted by molar-refractivity contribution is 0.0322. The minimum atomic E-state index is -0.982. The summed E-state index contributed by atoms with van der Waals surface area (Å²) in [5.74, 6) is 0.586. The summed E-state index contributed by atoms with van der Waals surface area (Å²) in [4.78, 5) is 3.07. The number of H-pyrrole nitrogens is 1. The molecule has 0 radical (unpaired) electrons. The third-order valence-electron chi connectivity index (χ3n) is 3.57. The first-order valence-corrected chi connectivity index (χ1v) is 8.36. The van der Waals surface area contributed by atoms with Gasteiger partial charge in [-0.1, -0.05) is 40.9 Å². The summed E-state index contributed by atoms with van der Waals surface area (Å²) in [5, 5.41) is 12.3. The van der Waals surface area contributed by atoms with Crippen molar-refractivity contribution in [1.29, 1.82) is 0 Å². The third-order valence-corrected chi connectivity index (χ3v) is 4.39. The van der Waals surface area contributed by atoms with Crippen molar-refractivity contribution >= 4 is 34.8 Å². The molecular formula is C18H14Cl3NO2. The Morgan fingerprint density at radius 3 is 2.25 bits per heavy atom. The number of halogens is 3. The molecule has 3 nitrogen and oxygen atoms in total. The van der Waals surface area contributed by atoms with Crippen LogP contribution in [0, 0.1) is 0 Å². The summed E-state index contributed by atoms with van der Waals surface area (Å²) >= 11 is 18.1. The average molecular weight is 383 g/mol. The van der Waals surface area contributed by atoms with Crippen LogP contribution in [-0.2, 0) is 0 Å². The fourth-order valence-electron chi connectivity index (χ4n) is 2.38. The van der Waals surface area contributed by atoms with E-state index in [1.165, 1.54) is 0 Å². The van der Waals surface area contributed by atoms with Gasteiger partial charge in [-0.25, -0.2) is 0 Å². The first-order valence-electron chi connectivity index (χ1n) is 7.23. The van der Waals surface area contributed by atoms with Crippen molar-refractivity contribution in [2.75, 3.05) is 0 Å². The third kappa shape index (κ3) is 3.87. The van der Waals surface area contributed by atoms with Gasteiger partial charge in [0.15, 0.2) is 6.10 Å². The molecule has 0 spiro atoms. The Labute approximate surface area is 154 Å². The highest BCUT2D eigenvalue weighted by Crippen LogP contribution is 2.36. The lowest BCUT2D eigenvalue weighted by atomic mass is 10.0. The van der Waals surface area contributed by atoms with Crippen LogP contribution in [-0.4, -0.2) is 10.1 Å². The number of aliphatic hydroxyl groups excluding tert-OH is 1. The molecule has 0 saturated heterocycles. The molecule has 124 valence electrons. The van der Waals surface area contributed by atoms with Gasteiger partial charge in [0.2, 0.25) is 0 Å². The Morgan fingerprint density at radius 2 is 1.62 bits per heavy atom. The number of benzene rings is 2. The van der Waals surface area contributed by atoms with Crippen LogP contribution in [0.1, 0.15) is 23.5 Å². The molecule has 0 aliphatic rings. The largest absolute Gasteiger partial charge is 0.481 e. The molecule has 2 aromatic carbocycles. The van der Waals surface area contributed by atoms with Crippen molar-refractivity contribution < 1.29 is 9.84 Å². The topological polar surface area (TPSA) is 45.2 Å². The van der Waals surface area contributed by atoms with E-state index in [0.29, 0.717) is 26.4 Å². The number of hydrogen-bond acceptors (Lipinski definition) is 2. The molecule has 0 aliphatic heterocycles. The van der Waals surface area contributed by atoms with Crippen LogP contribution in [0.5, 0.6) is 5.75 Å². The Hall–Kier alpha value is -1.65. The molecule has 24 heavy (non-hydrogen) atoms. The molecule has 2 unspecified atom stereocenters. The van der Waals surface area contributed by atoms with Gasteiger partial charge >= 0.3 is 0 Å². The summed E-state index contributed by atoms with van der Waals surface area (Å²) in [6.45, 7) is 0. The Kier molecular flexibility index (Phi) is 5.36. The second-order valence-electron chi connectivity index (χ2n) is 5.23. The molecule has 2 atom stereocenters. The van der Waals surface area contributed by atoms with Gasteiger partial charge in [0.25, 0.3) is 0 Å². The molecule has 3 rings (SSSR count). The molecular weight excluding hydrogens is 369 g/mol. The zero-order valence-electron chi connectivity index (χ0n) is 12.4. The molecule has 0 aliphatic carbocycles. The number of hydrogen-bond donors (Lipinski definition) is 2. The maximum absolute atomic E-state index is 10.8. The monoisotopic (exact) mass is 381 g/mol. The van der Waals surface area contributed by atoms with E-state index in [4.69, 9.17) is 39.5 Å². The fraction of sp³-hybridized carbons (Fsp3) is 0.111. The van der Waals surface area contributed by atoms with Crippen LogP contribution < -0.4 is 4.74 Å². The summed E-state index contributed by atoms with van der Waals surface area (Å²) in [6.07, 6.45) is 0.118. The highest BCUT2D eigenvalue weighted by molar-refractivity contribution is 6.35. The van der Waals surface area contributed by atoms with Crippen molar-refractivity contribution in [2.45, 2.75) is 12.2 Å². The zero-order chi connectivity index (χ0) is 17.1. The minimum absolute atomic E-state index is 0.381. The molecule has 0 amide bonds. The van der Waals surface area contributed by atoms with E-state index in [2.05, 4.69) is 4.98 Å². The van der Waals surface area contributed by atoms with Gasteiger partial charge in [-0.05, 0) is 48.5 Å². The SMILES string of the molecule is OC(c1ccc(Cl)cc1Cl)C(Oc1ccc(Cl)cc1)c1ccc[nH]1. The number of aliphatic hydroxyl groups is 1. The molecule has 2 N–H and O–H groups in total. The summed E-state index contributed by atoms with van der Waals surface area (Å²) in [5.41, 5.74) is 1.26. The van der Waals surface area contributed by atoms with E-state index in [0.717, 1.165) is 5.69 Å². The number of aromatic nitrogens is 1. The van der Waals surface area contributed by atoms with E-state index >= 15 is 0 Å². The van der Waals surface area contributed by atoms with E-state index in [1.807, 2.05) is 12.1 Å².